The summed E-state index contributed by atoms with van der Waals surface area (Å²) < 4.78 is 57.6. The molecule has 0 saturated heterocycles. The predicted molar refractivity (Wildman–Crippen MR) is 80.4 cm³/mol. The van der Waals surface area contributed by atoms with E-state index >= 15 is 0 Å². The van der Waals surface area contributed by atoms with E-state index in [2.05, 4.69) is 0 Å². The second-order valence-electron chi connectivity index (χ2n) is 4.86. The second-order valence-corrected chi connectivity index (χ2v) is 7.41. The van der Waals surface area contributed by atoms with Crippen LogP contribution in [0.3, 0.4) is 0 Å². The van der Waals surface area contributed by atoms with Crippen molar-refractivity contribution in [3.63, 3.8) is 0 Å². The van der Waals surface area contributed by atoms with Gasteiger partial charge in [0.15, 0.2) is 17.5 Å². The van der Waals surface area contributed by atoms with Crippen LogP contribution in [0.25, 0.3) is 0 Å². The first kappa shape index (κ1) is 19.2. The summed E-state index contributed by atoms with van der Waals surface area (Å²) in [5, 5.41) is 0.110. The van der Waals surface area contributed by atoms with Crippen LogP contribution >= 0.6 is 0 Å². The van der Waals surface area contributed by atoms with Crippen molar-refractivity contribution in [3.8, 4) is 0 Å². The molecule has 126 valence electrons. The molecule has 0 heterocycles. The van der Waals surface area contributed by atoms with Crippen LogP contribution in [0.1, 0.15) is 40.0 Å². The molecule has 0 aromatic heterocycles. The molecule has 3 nitrogen and oxygen atoms in total. The summed E-state index contributed by atoms with van der Waals surface area (Å²) in [5.41, 5.74) is 0. The fraction of sp³-hybridized carbons (Fsp3) is 0.600. The third-order valence-corrected chi connectivity index (χ3v) is 5.57. The monoisotopic (exact) mass is 336 g/mol. The fourth-order valence-corrected chi connectivity index (χ4v) is 4.59. The largest absolute Gasteiger partial charge is 0.537 e. The van der Waals surface area contributed by atoms with Crippen molar-refractivity contribution in [3.05, 3.63) is 29.6 Å². The van der Waals surface area contributed by atoms with Gasteiger partial charge in [-0.3, -0.25) is 0 Å². The van der Waals surface area contributed by atoms with Gasteiger partial charge in [-0.05, 0) is 31.4 Å². The summed E-state index contributed by atoms with van der Waals surface area (Å²) >= 11 is 0. The van der Waals surface area contributed by atoms with E-state index in [1.54, 1.807) is 0 Å². The molecule has 0 atom stereocenters. The van der Waals surface area contributed by atoms with Crippen molar-refractivity contribution in [1.82, 2.24) is 0 Å². The molecule has 0 radical (unpaired) electrons. The van der Waals surface area contributed by atoms with Crippen LogP contribution in [0.5, 0.6) is 0 Å². The van der Waals surface area contributed by atoms with Gasteiger partial charge in [0.1, 0.15) is 0 Å². The van der Waals surface area contributed by atoms with Gasteiger partial charge >= 0.3 is 8.80 Å². The summed E-state index contributed by atoms with van der Waals surface area (Å²) in [7, 11) is -3.47. The highest BCUT2D eigenvalue weighted by Crippen LogP contribution is 2.17. The lowest BCUT2D eigenvalue weighted by Gasteiger charge is -2.29. The smallest absolute Gasteiger partial charge is 0.370 e. The molecule has 0 unspecified atom stereocenters. The van der Waals surface area contributed by atoms with Crippen LogP contribution < -0.4 is 5.19 Å². The van der Waals surface area contributed by atoms with Gasteiger partial charge in [-0.15, -0.1) is 0 Å². The lowest BCUT2D eigenvalue weighted by atomic mass is 10.3. The van der Waals surface area contributed by atoms with Gasteiger partial charge < -0.3 is 13.3 Å². The highest BCUT2D eigenvalue weighted by molar-refractivity contribution is 6.75. The zero-order valence-corrected chi connectivity index (χ0v) is 14.3. The third kappa shape index (κ3) is 4.81. The van der Waals surface area contributed by atoms with Gasteiger partial charge in [0.25, 0.3) is 0 Å². The molecule has 0 saturated carbocycles. The van der Waals surface area contributed by atoms with Crippen LogP contribution in [0.4, 0.5) is 13.2 Å². The van der Waals surface area contributed by atoms with Crippen LogP contribution in [-0.4, -0.2) is 28.6 Å². The maximum atomic E-state index is 13.6. The Labute approximate surface area is 130 Å². The van der Waals surface area contributed by atoms with Crippen LogP contribution in [0.2, 0.25) is 0 Å². The van der Waals surface area contributed by atoms with Crippen molar-refractivity contribution < 1.29 is 26.4 Å². The Bertz CT molecular complexity index is 427. The summed E-state index contributed by atoms with van der Waals surface area (Å²) in [4.78, 5) is 0. The molecule has 0 aliphatic carbocycles. The van der Waals surface area contributed by atoms with E-state index in [1.807, 2.05) is 20.8 Å². The Balaban J connectivity index is 3.24. The molecule has 0 spiro atoms. The number of hydrogen-bond acceptors (Lipinski definition) is 3. The highest BCUT2D eigenvalue weighted by atomic mass is 28.4. The summed E-state index contributed by atoms with van der Waals surface area (Å²) in [6.07, 6.45) is 2.10. The maximum absolute atomic E-state index is 13.6. The SMILES string of the molecule is CCCO[Si](OCCC)(OCCC)c1cc(F)c(F)c(F)c1. The van der Waals surface area contributed by atoms with Crippen LogP contribution in [-0.2, 0) is 13.3 Å². The zero-order valence-electron chi connectivity index (χ0n) is 13.3. The van der Waals surface area contributed by atoms with Gasteiger partial charge in [0.05, 0.1) is 0 Å². The molecule has 1 rings (SSSR count). The number of benzene rings is 1. The van der Waals surface area contributed by atoms with Crippen molar-refractivity contribution in [1.29, 1.82) is 0 Å². The molecule has 0 bridgehead atoms. The first-order valence-electron chi connectivity index (χ1n) is 7.57. The van der Waals surface area contributed by atoms with Crippen molar-refractivity contribution >= 4 is 14.0 Å². The van der Waals surface area contributed by atoms with E-state index in [0.717, 1.165) is 12.1 Å². The molecule has 0 amide bonds. The Morgan fingerprint density at radius 1 is 0.773 bits per heavy atom. The van der Waals surface area contributed by atoms with E-state index in [1.165, 1.54) is 0 Å². The van der Waals surface area contributed by atoms with E-state index in [-0.39, 0.29) is 5.19 Å². The first-order valence-corrected chi connectivity index (χ1v) is 9.30. The predicted octanol–water partition coefficient (Wildman–Crippen LogP) is 3.53. The molecular formula is C15H23F3O3Si. The number of hydrogen-bond donors (Lipinski definition) is 0. The Kier molecular flexibility index (Phi) is 8.09. The second kappa shape index (κ2) is 9.29. The first-order chi connectivity index (χ1) is 10.5. The Morgan fingerprint density at radius 2 is 1.14 bits per heavy atom. The summed E-state index contributed by atoms with van der Waals surface area (Å²) in [6.45, 7) is 6.72. The quantitative estimate of drug-likeness (QED) is 0.483. The normalized spacial score (nSPS) is 11.9. The number of rotatable bonds is 10. The number of halogens is 3. The van der Waals surface area contributed by atoms with E-state index < -0.39 is 26.3 Å². The van der Waals surface area contributed by atoms with Crippen molar-refractivity contribution in [2.45, 2.75) is 40.0 Å². The maximum Gasteiger partial charge on any atom is 0.537 e. The average Bonchev–Trinajstić information content (AvgIpc) is 2.52. The molecule has 1 aromatic carbocycles. The standard InChI is InChI=1S/C15H23F3O3Si/c1-4-7-19-22(20-8-5-2,21-9-6-3)12-10-13(16)15(18)14(17)11-12/h10-11H,4-9H2,1-3H3. The van der Waals surface area contributed by atoms with Gasteiger partial charge in [0, 0.05) is 25.0 Å². The molecule has 0 aliphatic heterocycles. The van der Waals surface area contributed by atoms with Crippen LogP contribution in [0, 0.1) is 17.5 Å². The molecule has 22 heavy (non-hydrogen) atoms. The minimum atomic E-state index is -3.47. The molecular weight excluding hydrogens is 313 g/mol. The minimum absolute atomic E-state index is 0.110. The zero-order chi connectivity index (χ0) is 16.6. The third-order valence-electron chi connectivity index (χ3n) is 2.83. The van der Waals surface area contributed by atoms with E-state index in [9.17, 15) is 13.2 Å². The molecule has 7 heteroatoms. The molecule has 0 aliphatic rings. The van der Waals surface area contributed by atoms with Crippen molar-refractivity contribution in [2.75, 3.05) is 19.8 Å². The van der Waals surface area contributed by atoms with E-state index in [4.69, 9.17) is 13.3 Å². The van der Waals surface area contributed by atoms with Gasteiger partial charge in [0.2, 0.25) is 0 Å². The topological polar surface area (TPSA) is 27.7 Å². The minimum Gasteiger partial charge on any atom is -0.370 e. The lowest BCUT2D eigenvalue weighted by molar-refractivity contribution is 0.0730. The molecule has 0 N–H and O–H groups in total. The summed E-state index contributed by atoms with van der Waals surface area (Å²) in [5.74, 6) is -4.05. The average molecular weight is 336 g/mol. The van der Waals surface area contributed by atoms with Gasteiger partial charge in [-0.25, -0.2) is 13.2 Å². The van der Waals surface area contributed by atoms with Gasteiger partial charge in [-0.2, -0.15) is 0 Å². The highest BCUT2D eigenvalue weighted by Gasteiger charge is 2.45. The Hall–Kier alpha value is -0.893. The van der Waals surface area contributed by atoms with Crippen molar-refractivity contribution in [2.24, 2.45) is 0 Å². The molecule has 1 aromatic rings. The Morgan fingerprint density at radius 3 is 1.45 bits per heavy atom. The van der Waals surface area contributed by atoms with Crippen LogP contribution in [0.15, 0.2) is 12.1 Å². The fourth-order valence-electron chi connectivity index (χ4n) is 1.82. The van der Waals surface area contributed by atoms with Gasteiger partial charge in [-0.1, -0.05) is 20.8 Å². The molecule has 0 fully saturated rings. The lowest BCUT2D eigenvalue weighted by Crippen LogP contribution is -2.57. The summed E-state index contributed by atoms with van der Waals surface area (Å²) in [6, 6.07) is 1.82. The van der Waals surface area contributed by atoms with E-state index in [0.29, 0.717) is 39.1 Å².